The van der Waals surface area contributed by atoms with E-state index in [0.29, 0.717) is 11.5 Å². The molecule has 2 N–H and O–H groups in total. The Labute approximate surface area is 314 Å². The number of carboxylic acid groups (broad SMARTS) is 1. The second-order valence-corrected chi connectivity index (χ2v) is 14.4. The fraction of sp³-hybridized carbons (Fsp3) is 0.372. The topological polar surface area (TPSA) is 122 Å². The van der Waals surface area contributed by atoms with E-state index < -0.39 is 47.9 Å². The number of carbonyl (C=O) groups excluding carboxylic acids is 2. The minimum absolute atomic E-state index is 0.00156. The van der Waals surface area contributed by atoms with Crippen molar-refractivity contribution in [2.45, 2.75) is 71.3 Å². The Bertz CT molecular complexity index is 1950. The summed E-state index contributed by atoms with van der Waals surface area (Å²) >= 11 is 0. The van der Waals surface area contributed by atoms with Crippen LogP contribution in [0.5, 0.6) is 5.75 Å². The van der Waals surface area contributed by atoms with E-state index in [-0.39, 0.29) is 17.9 Å². The van der Waals surface area contributed by atoms with Crippen LogP contribution in [0, 0.1) is 29.4 Å². The summed E-state index contributed by atoms with van der Waals surface area (Å²) in [7, 11) is 1.28. The maximum absolute atomic E-state index is 14.3. The van der Waals surface area contributed by atoms with E-state index >= 15 is 0 Å². The molecule has 2 aliphatic carbocycles. The summed E-state index contributed by atoms with van der Waals surface area (Å²) in [6, 6.07) is 15.2. The number of ether oxygens (including phenoxy) is 1. The number of nitrogens with one attached hydrogen (secondary N) is 1. The maximum atomic E-state index is 14.3. The molecule has 0 bridgehead atoms. The summed E-state index contributed by atoms with van der Waals surface area (Å²) in [6.45, 7) is 1.82. The molecule has 0 aliphatic heterocycles. The number of aliphatic carboxylic acids is 1. The second kappa shape index (κ2) is 17.6. The van der Waals surface area contributed by atoms with Crippen LogP contribution in [0.3, 0.4) is 0 Å². The minimum Gasteiger partial charge on any atom is -0.497 e. The van der Waals surface area contributed by atoms with Gasteiger partial charge < -0.3 is 20.1 Å². The largest absolute Gasteiger partial charge is 0.497 e. The lowest BCUT2D eigenvalue weighted by Gasteiger charge is -2.35. The lowest BCUT2D eigenvalue weighted by Crippen LogP contribution is -2.35. The van der Waals surface area contributed by atoms with Crippen LogP contribution in [0.25, 0.3) is 17.0 Å². The Morgan fingerprint density at radius 1 is 0.889 bits per heavy atom. The Balaban J connectivity index is 1.04. The van der Waals surface area contributed by atoms with Gasteiger partial charge in [-0.3, -0.25) is 14.4 Å². The average molecular weight is 737 g/mol. The van der Waals surface area contributed by atoms with E-state index in [1.165, 1.54) is 80.4 Å². The van der Waals surface area contributed by atoms with Gasteiger partial charge in [-0.25, -0.2) is 18.7 Å². The molecule has 4 aromatic rings. The molecule has 6 rings (SSSR count). The molecule has 1 heterocycles. The van der Waals surface area contributed by atoms with Crippen LogP contribution in [0.1, 0.15) is 85.3 Å². The van der Waals surface area contributed by atoms with Crippen molar-refractivity contribution in [3.8, 4) is 17.1 Å². The zero-order valence-corrected chi connectivity index (χ0v) is 30.7. The number of anilines is 1. The van der Waals surface area contributed by atoms with Crippen molar-refractivity contribution in [3.63, 3.8) is 0 Å². The summed E-state index contributed by atoms with van der Waals surface area (Å²) in [5.41, 5.74) is 3.99. The van der Waals surface area contributed by atoms with Gasteiger partial charge in [0.2, 0.25) is 5.91 Å². The van der Waals surface area contributed by atoms with Crippen molar-refractivity contribution < 1.29 is 33.0 Å². The molecule has 9 nitrogen and oxygen atoms in total. The molecule has 2 aliphatic rings. The van der Waals surface area contributed by atoms with Crippen molar-refractivity contribution >= 4 is 29.0 Å². The van der Waals surface area contributed by atoms with Gasteiger partial charge in [0.15, 0.2) is 5.82 Å². The van der Waals surface area contributed by atoms with Gasteiger partial charge in [0.1, 0.15) is 23.9 Å². The predicted octanol–water partition coefficient (Wildman–Crippen LogP) is 8.74. The second-order valence-electron chi connectivity index (χ2n) is 14.4. The first kappa shape index (κ1) is 38.3. The zero-order chi connectivity index (χ0) is 38.2. The molecule has 54 heavy (non-hydrogen) atoms. The van der Waals surface area contributed by atoms with Gasteiger partial charge >= 0.3 is 5.97 Å². The highest BCUT2D eigenvalue weighted by molar-refractivity contribution is 5.97. The van der Waals surface area contributed by atoms with Crippen molar-refractivity contribution in [2.75, 3.05) is 19.0 Å². The Kier molecular flexibility index (Phi) is 12.5. The van der Waals surface area contributed by atoms with E-state index in [9.17, 15) is 28.3 Å². The van der Waals surface area contributed by atoms with Crippen LogP contribution in [-0.4, -0.2) is 51.4 Å². The number of allylic oxidation sites excluding steroid dienone is 2. The first-order valence-corrected chi connectivity index (χ1v) is 18.6. The van der Waals surface area contributed by atoms with E-state index in [2.05, 4.69) is 28.3 Å². The van der Waals surface area contributed by atoms with Gasteiger partial charge in [0.25, 0.3) is 5.91 Å². The molecular formula is C43H46F2N4O5. The molecular weight excluding hydrogens is 690 g/mol. The third kappa shape index (κ3) is 9.55. The summed E-state index contributed by atoms with van der Waals surface area (Å²) in [4.78, 5) is 48.2. The summed E-state index contributed by atoms with van der Waals surface area (Å²) in [5, 5.41) is 12.1. The third-order valence-electron chi connectivity index (χ3n) is 10.9. The molecule has 1 unspecified atom stereocenters. The van der Waals surface area contributed by atoms with Gasteiger partial charge in [0, 0.05) is 59.0 Å². The average Bonchev–Trinajstić information content (AvgIpc) is 3.19. The molecule has 0 spiro atoms. The summed E-state index contributed by atoms with van der Waals surface area (Å²) < 4.78 is 33.5. The Morgan fingerprint density at radius 2 is 1.56 bits per heavy atom. The number of hydrogen-bond acceptors (Lipinski definition) is 6. The third-order valence-corrected chi connectivity index (χ3v) is 10.9. The number of amides is 2. The number of benzene rings is 3. The molecule has 2 amide bonds. The Morgan fingerprint density at radius 3 is 2.13 bits per heavy atom. The number of aromatic nitrogens is 2. The SMILES string of the molecule is CC[C@H]1CC[C@H](C2CC=C(c3cnc(-c4ccc(CN(CC(=O)O)C(=O)c5ccc(NC(=O)Cc6c(F)cc(OC)cc6F)cc5)cc4)nc3)CC2)CC1. The number of hydrogen-bond donors (Lipinski definition) is 2. The van der Waals surface area contributed by atoms with E-state index in [0.717, 1.165) is 59.4 Å². The monoisotopic (exact) mass is 736 g/mol. The van der Waals surface area contributed by atoms with E-state index in [1.807, 2.05) is 36.7 Å². The van der Waals surface area contributed by atoms with E-state index in [1.54, 1.807) is 0 Å². The highest BCUT2D eigenvalue weighted by Crippen LogP contribution is 2.41. The molecule has 0 radical (unpaired) electrons. The lowest BCUT2D eigenvalue weighted by molar-refractivity contribution is -0.137. The van der Waals surface area contributed by atoms with Gasteiger partial charge in [-0.05, 0) is 85.3 Å². The van der Waals surface area contributed by atoms with Gasteiger partial charge in [-0.15, -0.1) is 0 Å². The fourth-order valence-electron chi connectivity index (χ4n) is 7.71. The molecule has 0 saturated heterocycles. The molecule has 1 saturated carbocycles. The van der Waals surface area contributed by atoms with Crippen LogP contribution >= 0.6 is 0 Å². The van der Waals surface area contributed by atoms with Crippen LogP contribution in [0.4, 0.5) is 14.5 Å². The standard InChI is InChI=1S/C43H46F2N4O5/c1-3-27-4-8-29(9-5-27)30-12-14-31(15-13-30)34-23-46-42(47-24-34)32-10-6-28(7-11-32)25-49(26-41(51)52)43(53)33-16-18-35(19-17-33)48-40(50)22-37-38(44)20-36(54-2)21-39(37)45/h6-7,10-11,14,16-21,23-24,27,29-30H,3-5,8-9,12-13,15,22,25-26H2,1-2H3,(H,48,50)(H,51,52)/t27-,29-,30?. The van der Waals surface area contributed by atoms with Crippen molar-refractivity contribution in [2.24, 2.45) is 17.8 Å². The molecule has 1 fully saturated rings. The molecule has 1 atom stereocenters. The number of nitrogens with zero attached hydrogens (tertiary/aromatic N) is 3. The summed E-state index contributed by atoms with van der Waals surface area (Å²) in [5.74, 6) is -1.02. The quantitative estimate of drug-likeness (QED) is 0.141. The number of rotatable bonds is 13. The van der Waals surface area contributed by atoms with Gasteiger partial charge in [0.05, 0.1) is 13.5 Å². The molecule has 11 heteroatoms. The predicted molar refractivity (Wildman–Crippen MR) is 203 cm³/mol. The number of methoxy groups -OCH3 is 1. The number of carbonyl (C=O) groups is 3. The molecule has 3 aromatic carbocycles. The lowest BCUT2D eigenvalue weighted by atomic mass is 9.71. The van der Waals surface area contributed by atoms with Crippen molar-refractivity contribution in [1.82, 2.24) is 14.9 Å². The van der Waals surface area contributed by atoms with E-state index in [4.69, 9.17) is 4.74 Å². The first-order valence-electron chi connectivity index (χ1n) is 18.6. The Hall–Kier alpha value is -5.45. The van der Waals surface area contributed by atoms with Gasteiger partial charge in [-0.2, -0.15) is 0 Å². The van der Waals surface area contributed by atoms with Crippen molar-refractivity contribution in [1.29, 1.82) is 0 Å². The first-order chi connectivity index (χ1) is 26.1. The normalized spacial score (nSPS) is 18.4. The van der Waals surface area contributed by atoms with Crippen LogP contribution in [-0.2, 0) is 22.6 Å². The highest BCUT2D eigenvalue weighted by atomic mass is 19.1. The maximum Gasteiger partial charge on any atom is 0.323 e. The van der Waals surface area contributed by atoms with Crippen LogP contribution < -0.4 is 10.1 Å². The molecule has 282 valence electrons. The fourth-order valence-corrected chi connectivity index (χ4v) is 7.71. The summed E-state index contributed by atoms with van der Waals surface area (Å²) in [6.07, 6.45) is 15.8. The van der Waals surface area contributed by atoms with Crippen molar-refractivity contribution in [3.05, 3.63) is 113 Å². The van der Waals surface area contributed by atoms with Crippen LogP contribution in [0.15, 0.2) is 79.1 Å². The smallest absolute Gasteiger partial charge is 0.323 e. The number of carboxylic acids is 1. The number of halogens is 2. The van der Waals surface area contributed by atoms with Crippen LogP contribution in [0.2, 0.25) is 0 Å². The zero-order valence-electron chi connectivity index (χ0n) is 30.7. The minimum atomic E-state index is -1.17. The van der Waals surface area contributed by atoms with Gasteiger partial charge in [-0.1, -0.05) is 56.5 Å². The highest BCUT2D eigenvalue weighted by Gasteiger charge is 2.28. The molecule has 1 aromatic heterocycles.